The zero-order chi connectivity index (χ0) is 22.7. The number of hydrogen-bond donors (Lipinski definition) is 1. The van der Waals surface area contributed by atoms with E-state index in [1.54, 1.807) is 41.0 Å². The Morgan fingerprint density at radius 3 is 2.66 bits per heavy atom. The lowest BCUT2D eigenvalue weighted by Gasteiger charge is -2.22. The number of amides is 2. The minimum atomic E-state index is -0.703. The second-order valence-corrected chi connectivity index (χ2v) is 7.49. The Bertz CT molecular complexity index is 1250. The van der Waals surface area contributed by atoms with E-state index in [4.69, 9.17) is 10.5 Å². The SMILES string of the molecule is NC(=O)CCN(C(=O)COC(=O)c1ccc2c(=O)n3c(nc2c1)CCC3)c1ccccc1. The van der Waals surface area contributed by atoms with Crippen LogP contribution in [0.5, 0.6) is 0 Å². The van der Waals surface area contributed by atoms with Gasteiger partial charge in [0.15, 0.2) is 6.61 Å². The first-order valence-corrected chi connectivity index (χ1v) is 10.3. The van der Waals surface area contributed by atoms with Crippen LogP contribution in [0.15, 0.2) is 53.3 Å². The van der Waals surface area contributed by atoms with Crippen LogP contribution in [0.4, 0.5) is 5.69 Å². The van der Waals surface area contributed by atoms with Crippen molar-refractivity contribution in [3.63, 3.8) is 0 Å². The third-order valence-corrected chi connectivity index (χ3v) is 5.33. The molecule has 0 fully saturated rings. The topological polar surface area (TPSA) is 125 Å². The van der Waals surface area contributed by atoms with Gasteiger partial charge in [-0.2, -0.15) is 0 Å². The van der Waals surface area contributed by atoms with E-state index >= 15 is 0 Å². The van der Waals surface area contributed by atoms with E-state index in [1.807, 2.05) is 0 Å². The summed E-state index contributed by atoms with van der Waals surface area (Å²) >= 11 is 0. The van der Waals surface area contributed by atoms with Gasteiger partial charge >= 0.3 is 5.97 Å². The summed E-state index contributed by atoms with van der Waals surface area (Å²) in [5, 5.41) is 0.435. The first kappa shape index (κ1) is 21.2. The number of rotatable bonds is 7. The molecule has 2 N–H and O–H groups in total. The van der Waals surface area contributed by atoms with Crippen LogP contribution < -0.4 is 16.2 Å². The van der Waals surface area contributed by atoms with Gasteiger partial charge in [0, 0.05) is 31.6 Å². The molecule has 4 rings (SSSR count). The van der Waals surface area contributed by atoms with Crippen LogP contribution in [0.1, 0.15) is 29.0 Å². The van der Waals surface area contributed by atoms with Gasteiger partial charge in [0.2, 0.25) is 5.91 Å². The normalized spacial score (nSPS) is 12.4. The molecule has 2 heterocycles. The third kappa shape index (κ3) is 4.36. The minimum absolute atomic E-state index is 0.0230. The lowest BCUT2D eigenvalue weighted by Crippen LogP contribution is -2.37. The summed E-state index contributed by atoms with van der Waals surface area (Å²) in [6.45, 7) is 0.214. The predicted molar refractivity (Wildman–Crippen MR) is 117 cm³/mol. The molecular formula is C23H22N4O5. The number of nitrogens with zero attached hydrogens (tertiary/aromatic N) is 3. The smallest absolute Gasteiger partial charge is 0.338 e. The van der Waals surface area contributed by atoms with Gasteiger partial charge in [-0.05, 0) is 36.8 Å². The fourth-order valence-corrected chi connectivity index (χ4v) is 3.73. The van der Waals surface area contributed by atoms with Crippen molar-refractivity contribution >= 4 is 34.4 Å². The van der Waals surface area contributed by atoms with Crippen molar-refractivity contribution in [1.29, 1.82) is 0 Å². The number of hydrogen-bond acceptors (Lipinski definition) is 6. The van der Waals surface area contributed by atoms with Gasteiger partial charge in [-0.15, -0.1) is 0 Å². The Morgan fingerprint density at radius 2 is 1.91 bits per heavy atom. The lowest BCUT2D eigenvalue weighted by molar-refractivity contribution is -0.121. The van der Waals surface area contributed by atoms with Crippen molar-refractivity contribution in [1.82, 2.24) is 9.55 Å². The van der Waals surface area contributed by atoms with Crippen LogP contribution in [-0.4, -0.2) is 40.5 Å². The molecule has 1 aromatic heterocycles. The van der Waals surface area contributed by atoms with Crippen LogP contribution in [0, 0.1) is 0 Å². The second kappa shape index (κ2) is 9.01. The highest BCUT2D eigenvalue weighted by atomic mass is 16.5. The van der Waals surface area contributed by atoms with E-state index in [1.165, 1.54) is 17.0 Å². The molecule has 9 nitrogen and oxygen atoms in total. The summed E-state index contributed by atoms with van der Waals surface area (Å²) in [5.41, 5.74) is 6.29. The van der Waals surface area contributed by atoms with E-state index in [-0.39, 0.29) is 24.1 Å². The maximum atomic E-state index is 12.7. The maximum Gasteiger partial charge on any atom is 0.338 e. The number of ether oxygens (including phenoxy) is 1. The Morgan fingerprint density at radius 1 is 1.12 bits per heavy atom. The number of fused-ring (bicyclic) bond motifs is 2. The van der Waals surface area contributed by atoms with E-state index in [9.17, 15) is 19.2 Å². The maximum absolute atomic E-state index is 12.7. The number of primary amides is 1. The fraction of sp³-hybridized carbons (Fsp3) is 0.261. The molecule has 0 atom stereocenters. The Hall–Kier alpha value is -4.01. The monoisotopic (exact) mass is 434 g/mol. The van der Waals surface area contributed by atoms with Crippen molar-refractivity contribution < 1.29 is 19.1 Å². The molecule has 0 spiro atoms. The molecule has 0 saturated heterocycles. The van der Waals surface area contributed by atoms with Crippen LogP contribution in [-0.2, 0) is 27.3 Å². The molecule has 0 unspecified atom stereocenters. The summed E-state index contributed by atoms with van der Waals surface area (Å²) < 4.78 is 6.87. The van der Waals surface area contributed by atoms with Gasteiger partial charge in [-0.25, -0.2) is 9.78 Å². The van der Waals surface area contributed by atoms with Gasteiger partial charge in [0.05, 0.1) is 16.5 Å². The number of benzene rings is 2. The average molecular weight is 434 g/mol. The van der Waals surface area contributed by atoms with Gasteiger partial charge in [-0.3, -0.25) is 19.0 Å². The highest BCUT2D eigenvalue weighted by Crippen LogP contribution is 2.17. The predicted octanol–water partition coefficient (Wildman–Crippen LogP) is 1.41. The van der Waals surface area contributed by atoms with E-state index in [0.29, 0.717) is 29.0 Å². The van der Waals surface area contributed by atoms with Crippen molar-refractivity contribution in [2.45, 2.75) is 25.8 Å². The highest BCUT2D eigenvalue weighted by Gasteiger charge is 2.20. The molecule has 1 aliphatic rings. The van der Waals surface area contributed by atoms with E-state index in [0.717, 1.165) is 12.8 Å². The minimum Gasteiger partial charge on any atom is -0.452 e. The summed E-state index contributed by atoms with van der Waals surface area (Å²) in [4.78, 5) is 54.9. The van der Waals surface area contributed by atoms with Crippen LogP contribution in [0.25, 0.3) is 10.9 Å². The molecule has 2 amide bonds. The van der Waals surface area contributed by atoms with Gasteiger partial charge in [-0.1, -0.05) is 18.2 Å². The highest BCUT2D eigenvalue weighted by molar-refractivity contribution is 5.98. The first-order valence-electron chi connectivity index (χ1n) is 10.3. The summed E-state index contributed by atoms with van der Waals surface area (Å²) in [6.07, 6.45) is 1.56. The molecule has 3 aromatic rings. The average Bonchev–Trinajstić information content (AvgIpc) is 3.26. The van der Waals surface area contributed by atoms with Crippen LogP contribution in [0.3, 0.4) is 0 Å². The van der Waals surface area contributed by atoms with Crippen molar-refractivity contribution in [3.05, 3.63) is 70.3 Å². The number of nitrogens with two attached hydrogens (primary N) is 1. The quantitative estimate of drug-likeness (QED) is 0.561. The standard InChI is InChI=1S/C23H22N4O5/c24-19(28)10-12-26(16-5-2-1-3-6-16)21(29)14-32-23(31)15-8-9-17-18(13-15)25-20-7-4-11-27(20)22(17)30/h1-3,5-6,8-9,13H,4,7,10-12,14H2,(H2,24,28). The fourth-order valence-electron chi connectivity index (χ4n) is 3.73. The molecule has 164 valence electrons. The zero-order valence-corrected chi connectivity index (χ0v) is 17.3. The second-order valence-electron chi connectivity index (χ2n) is 7.49. The molecule has 0 bridgehead atoms. The summed E-state index contributed by atoms with van der Waals surface area (Å²) in [7, 11) is 0. The summed E-state index contributed by atoms with van der Waals surface area (Å²) in [5.74, 6) is -1.02. The Labute approximate surface area is 183 Å². The largest absolute Gasteiger partial charge is 0.452 e. The Kier molecular flexibility index (Phi) is 5.98. The van der Waals surface area contributed by atoms with E-state index < -0.39 is 24.4 Å². The lowest BCUT2D eigenvalue weighted by atomic mass is 10.1. The van der Waals surface area contributed by atoms with Crippen LogP contribution in [0.2, 0.25) is 0 Å². The third-order valence-electron chi connectivity index (χ3n) is 5.33. The number of carbonyl (C=O) groups is 3. The van der Waals surface area contributed by atoms with Gasteiger partial charge in [0.25, 0.3) is 11.5 Å². The number of carbonyl (C=O) groups excluding carboxylic acids is 3. The molecule has 0 radical (unpaired) electrons. The Balaban J connectivity index is 1.49. The molecule has 0 aliphatic carbocycles. The number of aryl methyl sites for hydroxylation is 1. The molecular weight excluding hydrogens is 412 g/mol. The number of para-hydroxylation sites is 1. The molecule has 0 saturated carbocycles. The van der Waals surface area contributed by atoms with Gasteiger partial charge < -0.3 is 15.4 Å². The van der Waals surface area contributed by atoms with Crippen molar-refractivity contribution in [2.24, 2.45) is 5.73 Å². The first-order chi connectivity index (χ1) is 15.4. The summed E-state index contributed by atoms with van der Waals surface area (Å²) in [6, 6.07) is 13.3. The molecule has 32 heavy (non-hydrogen) atoms. The zero-order valence-electron chi connectivity index (χ0n) is 17.3. The van der Waals surface area contributed by atoms with E-state index in [2.05, 4.69) is 4.98 Å². The molecule has 1 aliphatic heterocycles. The van der Waals surface area contributed by atoms with Crippen molar-refractivity contribution in [2.75, 3.05) is 18.1 Å². The number of aromatic nitrogens is 2. The molecule has 2 aromatic carbocycles. The van der Waals surface area contributed by atoms with Crippen LogP contribution >= 0.6 is 0 Å². The van der Waals surface area contributed by atoms with Gasteiger partial charge in [0.1, 0.15) is 5.82 Å². The number of esters is 1. The molecule has 9 heteroatoms. The number of anilines is 1. The van der Waals surface area contributed by atoms with Crippen molar-refractivity contribution in [3.8, 4) is 0 Å².